The standard InChI is InChI=1S/C19H24N4O/c1-3-15-9-7-8-12-23(15)18-13-17(20-14-21-18)19(24)22(2)16-10-5-4-6-11-16/h4-6,10-11,13-15H,3,7-9,12H2,1-2H3. The van der Waals surface area contributed by atoms with Crippen molar-refractivity contribution in [2.24, 2.45) is 0 Å². The molecule has 5 nitrogen and oxygen atoms in total. The molecule has 1 saturated heterocycles. The van der Waals surface area contributed by atoms with Crippen molar-refractivity contribution >= 4 is 17.4 Å². The number of piperidine rings is 1. The first-order chi connectivity index (χ1) is 11.7. The number of benzene rings is 1. The molecule has 1 fully saturated rings. The molecule has 0 spiro atoms. The van der Waals surface area contributed by atoms with Crippen LogP contribution >= 0.6 is 0 Å². The van der Waals surface area contributed by atoms with Crippen LogP contribution in [0.25, 0.3) is 0 Å². The molecule has 1 amide bonds. The van der Waals surface area contributed by atoms with Gasteiger partial charge in [-0.25, -0.2) is 9.97 Å². The molecule has 1 atom stereocenters. The molecule has 1 aromatic heterocycles. The smallest absolute Gasteiger partial charge is 0.276 e. The molecule has 0 saturated carbocycles. The summed E-state index contributed by atoms with van der Waals surface area (Å²) in [5.41, 5.74) is 1.29. The van der Waals surface area contributed by atoms with Crippen molar-refractivity contribution < 1.29 is 4.79 Å². The Balaban J connectivity index is 1.83. The Labute approximate surface area is 143 Å². The monoisotopic (exact) mass is 324 g/mol. The number of anilines is 2. The third kappa shape index (κ3) is 3.40. The zero-order valence-electron chi connectivity index (χ0n) is 14.4. The maximum atomic E-state index is 12.7. The quantitative estimate of drug-likeness (QED) is 0.863. The third-order valence-corrected chi connectivity index (χ3v) is 4.71. The number of hydrogen-bond acceptors (Lipinski definition) is 4. The minimum Gasteiger partial charge on any atom is -0.354 e. The minimum absolute atomic E-state index is 0.116. The van der Waals surface area contributed by atoms with Crippen LogP contribution in [0.5, 0.6) is 0 Å². The Morgan fingerprint density at radius 1 is 1.25 bits per heavy atom. The second-order valence-corrected chi connectivity index (χ2v) is 6.21. The Morgan fingerprint density at radius 3 is 2.79 bits per heavy atom. The largest absolute Gasteiger partial charge is 0.354 e. The number of rotatable bonds is 4. The van der Waals surface area contributed by atoms with E-state index in [0.29, 0.717) is 11.7 Å². The molecule has 0 radical (unpaired) electrons. The predicted octanol–water partition coefficient (Wildman–Crippen LogP) is 3.52. The summed E-state index contributed by atoms with van der Waals surface area (Å²) in [6, 6.07) is 11.9. The van der Waals surface area contributed by atoms with E-state index in [0.717, 1.165) is 24.5 Å². The second-order valence-electron chi connectivity index (χ2n) is 6.21. The van der Waals surface area contributed by atoms with Crippen molar-refractivity contribution in [2.45, 2.75) is 38.6 Å². The van der Waals surface area contributed by atoms with Gasteiger partial charge in [-0.15, -0.1) is 0 Å². The third-order valence-electron chi connectivity index (χ3n) is 4.71. The molecule has 0 bridgehead atoms. The van der Waals surface area contributed by atoms with Gasteiger partial charge in [-0.1, -0.05) is 25.1 Å². The van der Waals surface area contributed by atoms with Gasteiger partial charge >= 0.3 is 0 Å². The number of hydrogen-bond donors (Lipinski definition) is 0. The van der Waals surface area contributed by atoms with Gasteiger partial charge < -0.3 is 9.80 Å². The van der Waals surface area contributed by atoms with E-state index in [9.17, 15) is 4.79 Å². The fourth-order valence-corrected chi connectivity index (χ4v) is 3.29. The summed E-state index contributed by atoms with van der Waals surface area (Å²) in [7, 11) is 1.77. The molecule has 2 heterocycles. The van der Waals surface area contributed by atoms with Crippen molar-refractivity contribution in [1.82, 2.24) is 9.97 Å². The number of aromatic nitrogens is 2. The highest BCUT2D eigenvalue weighted by Gasteiger charge is 2.23. The Morgan fingerprint density at radius 2 is 2.04 bits per heavy atom. The van der Waals surface area contributed by atoms with Gasteiger partial charge in [0.15, 0.2) is 0 Å². The molecular formula is C19H24N4O. The average Bonchev–Trinajstić information content (AvgIpc) is 2.67. The van der Waals surface area contributed by atoms with Crippen LogP contribution in [0.1, 0.15) is 43.1 Å². The summed E-state index contributed by atoms with van der Waals surface area (Å²) in [5.74, 6) is 0.747. The summed E-state index contributed by atoms with van der Waals surface area (Å²) >= 11 is 0. The first-order valence-electron chi connectivity index (χ1n) is 8.62. The van der Waals surface area contributed by atoms with Crippen LogP contribution in [0.3, 0.4) is 0 Å². The maximum absolute atomic E-state index is 12.7. The first-order valence-corrected chi connectivity index (χ1v) is 8.62. The van der Waals surface area contributed by atoms with E-state index < -0.39 is 0 Å². The number of amides is 1. The molecule has 1 aliphatic rings. The van der Waals surface area contributed by atoms with Crippen LogP contribution in [0.4, 0.5) is 11.5 Å². The Hall–Kier alpha value is -2.43. The van der Waals surface area contributed by atoms with Gasteiger partial charge in [-0.2, -0.15) is 0 Å². The van der Waals surface area contributed by atoms with Gasteiger partial charge in [0.2, 0.25) is 0 Å². The van der Waals surface area contributed by atoms with Crippen molar-refractivity contribution in [3.63, 3.8) is 0 Å². The molecule has 126 valence electrons. The molecule has 1 unspecified atom stereocenters. The number of nitrogens with zero attached hydrogens (tertiary/aromatic N) is 4. The van der Waals surface area contributed by atoms with Gasteiger partial charge in [0.25, 0.3) is 5.91 Å². The summed E-state index contributed by atoms with van der Waals surface area (Å²) in [4.78, 5) is 25.3. The van der Waals surface area contributed by atoms with Gasteiger partial charge in [-0.05, 0) is 37.8 Å². The normalized spacial score (nSPS) is 17.6. The summed E-state index contributed by atoms with van der Waals surface area (Å²) < 4.78 is 0. The fourth-order valence-electron chi connectivity index (χ4n) is 3.29. The predicted molar refractivity (Wildman–Crippen MR) is 96.5 cm³/mol. The van der Waals surface area contributed by atoms with Crippen LogP contribution in [0, 0.1) is 0 Å². The van der Waals surface area contributed by atoms with Crippen LogP contribution in [-0.2, 0) is 0 Å². The zero-order chi connectivity index (χ0) is 16.9. The van der Waals surface area contributed by atoms with Crippen molar-refractivity contribution in [3.05, 3.63) is 48.4 Å². The van der Waals surface area contributed by atoms with Gasteiger partial charge in [-0.3, -0.25) is 4.79 Å². The van der Waals surface area contributed by atoms with E-state index in [-0.39, 0.29) is 5.91 Å². The van der Waals surface area contributed by atoms with E-state index in [4.69, 9.17) is 0 Å². The first kappa shape index (κ1) is 16.4. The van der Waals surface area contributed by atoms with E-state index in [1.807, 2.05) is 36.4 Å². The molecule has 2 aromatic rings. The average molecular weight is 324 g/mol. The lowest BCUT2D eigenvalue weighted by Crippen LogP contribution is -2.40. The summed E-state index contributed by atoms with van der Waals surface area (Å²) in [5, 5.41) is 0. The van der Waals surface area contributed by atoms with Gasteiger partial charge in [0.05, 0.1) is 0 Å². The van der Waals surface area contributed by atoms with Gasteiger partial charge in [0.1, 0.15) is 17.8 Å². The van der Waals surface area contributed by atoms with E-state index in [1.165, 1.54) is 25.6 Å². The van der Waals surface area contributed by atoms with Crippen LogP contribution in [0.2, 0.25) is 0 Å². The lowest BCUT2D eigenvalue weighted by molar-refractivity contribution is 0.0988. The summed E-state index contributed by atoms with van der Waals surface area (Å²) in [6.07, 6.45) is 6.23. The highest BCUT2D eigenvalue weighted by atomic mass is 16.2. The zero-order valence-corrected chi connectivity index (χ0v) is 14.4. The number of para-hydroxylation sites is 1. The molecule has 0 N–H and O–H groups in total. The van der Waals surface area contributed by atoms with Crippen LogP contribution < -0.4 is 9.80 Å². The Kier molecular flexibility index (Phi) is 5.08. The SMILES string of the molecule is CCC1CCCCN1c1cc(C(=O)N(C)c2ccccc2)ncn1. The summed E-state index contributed by atoms with van der Waals surface area (Å²) in [6.45, 7) is 3.21. The molecule has 5 heteroatoms. The molecular weight excluding hydrogens is 300 g/mol. The highest BCUT2D eigenvalue weighted by Crippen LogP contribution is 2.25. The lowest BCUT2D eigenvalue weighted by Gasteiger charge is -2.36. The molecule has 3 rings (SSSR count). The number of carbonyl (C=O) groups excluding carboxylic acids is 1. The van der Waals surface area contributed by atoms with Crippen molar-refractivity contribution in [1.29, 1.82) is 0 Å². The van der Waals surface area contributed by atoms with Crippen LogP contribution in [0.15, 0.2) is 42.7 Å². The second kappa shape index (κ2) is 7.43. The molecule has 1 aliphatic heterocycles. The van der Waals surface area contributed by atoms with E-state index in [2.05, 4.69) is 21.8 Å². The lowest BCUT2D eigenvalue weighted by atomic mass is 10.00. The maximum Gasteiger partial charge on any atom is 0.276 e. The van der Waals surface area contributed by atoms with Crippen LogP contribution in [-0.4, -0.2) is 35.5 Å². The van der Waals surface area contributed by atoms with Gasteiger partial charge in [0, 0.05) is 31.4 Å². The number of carbonyl (C=O) groups is 1. The molecule has 24 heavy (non-hydrogen) atoms. The van der Waals surface area contributed by atoms with E-state index in [1.54, 1.807) is 11.9 Å². The molecule has 0 aliphatic carbocycles. The van der Waals surface area contributed by atoms with Crippen molar-refractivity contribution in [3.8, 4) is 0 Å². The topological polar surface area (TPSA) is 49.3 Å². The Bertz CT molecular complexity index is 689. The van der Waals surface area contributed by atoms with Crippen molar-refractivity contribution in [2.75, 3.05) is 23.4 Å². The highest BCUT2D eigenvalue weighted by molar-refractivity contribution is 6.04. The fraction of sp³-hybridized carbons (Fsp3) is 0.421. The van der Waals surface area contributed by atoms with E-state index >= 15 is 0 Å². The molecule has 1 aromatic carbocycles. The minimum atomic E-state index is -0.116.